The highest BCUT2D eigenvalue weighted by Gasteiger charge is 2.08. The second-order valence-corrected chi connectivity index (χ2v) is 4.29. The summed E-state index contributed by atoms with van der Waals surface area (Å²) in [5.41, 5.74) is 1.14. The van der Waals surface area contributed by atoms with E-state index in [1.54, 1.807) is 0 Å². The van der Waals surface area contributed by atoms with Crippen molar-refractivity contribution in [1.29, 1.82) is 0 Å². The maximum atomic E-state index is 4.34. The number of nitrogens with one attached hydrogen (secondary N) is 1. The lowest BCUT2D eigenvalue weighted by atomic mass is 10.1. The van der Waals surface area contributed by atoms with Crippen LogP contribution in [0.2, 0.25) is 0 Å². The van der Waals surface area contributed by atoms with Gasteiger partial charge in [0.1, 0.15) is 0 Å². The summed E-state index contributed by atoms with van der Waals surface area (Å²) >= 11 is 0. The van der Waals surface area contributed by atoms with E-state index in [0.29, 0.717) is 6.04 Å². The van der Waals surface area contributed by atoms with Gasteiger partial charge in [-0.25, -0.2) is 0 Å². The van der Waals surface area contributed by atoms with Crippen molar-refractivity contribution >= 4 is 0 Å². The summed E-state index contributed by atoms with van der Waals surface area (Å²) in [5.74, 6) is 0. The van der Waals surface area contributed by atoms with Crippen molar-refractivity contribution in [2.24, 2.45) is 0 Å². The molecule has 0 saturated heterocycles. The molecular formula is C13H23N3. The summed E-state index contributed by atoms with van der Waals surface area (Å²) in [6.45, 7) is 4.22. The summed E-state index contributed by atoms with van der Waals surface area (Å²) in [7, 11) is 4.18. The van der Waals surface area contributed by atoms with Crippen LogP contribution in [0.5, 0.6) is 0 Å². The van der Waals surface area contributed by atoms with Crippen molar-refractivity contribution in [3.63, 3.8) is 0 Å². The van der Waals surface area contributed by atoms with Gasteiger partial charge < -0.3 is 5.32 Å². The molecule has 1 unspecified atom stereocenters. The molecule has 0 fully saturated rings. The zero-order valence-corrected chi connectivity index (χ0v) is 10.6. The van der Waals surface area contributed by atoms with Crippen molar-refractivity contribution < 1.29 is 0 Å². The Balaban J connectivity index is 2.37. The summed E-state index contributed by atoms with van der Waals surface area (Å²) in [6.07, 6.45) is 4.30. The van der Waals surface area contributed by atoms with Crippen LogP contribution in [0.15, 0.2) is 24.4 Å². The van der Waals surface area contributed by atoms with Crippen molar-refractivity contribution in [3.05, 3.63) is 30.1 Å². The normalized spacial score (nSPS) is 13.0. The van der Waals surface area contributed by atoms with E-state index < -0.39 is 0 Å². The average molecular weight is 221 g/mol. The number of aromatic nitrogens is 1. The minimum Gasteiger partial charge on any atom is -0.316 e. The van der Waals surface area contributed by atoms with Gasteiger partial charge in [0.25, 0.3) is 0 Å². The van der Waals surface area contributed by atoms with E-state index in [-0.39, 0.29) is 0 Å². The number of pyridine rings is 1. The molecule has 1 heterocycles. The zero-order chi connectivity index (χ0) is 11.8. The largest absolute Gasteiger partial charge is 0.316 e. The lowest BCUT2D eigenvalue weighted by Crippen LogP contribution is -2.37. The molecule has 0 bridgehead atoms. The molecule has 0 aliphatic carbocycles. The number of rotatable bonds is 7. The quantitative estimate of drug-likeness (QED) is 0.762. The molecule has 3 heteroatoms. The fraction of sp³-hybridized carbons (Fsp3) is 0.615. The first kappa shape index (κ1) is 13.1. The second kappa shape index (κ2) is 7.36. The molecule has 16 heavy (non-hydrogen) atoms. The zero-order valence-electron chi connectivity index (χ0n) is 10.6. The first-order valence-electron chi connectivity index (χ1n) is 6.02. The minimum absolute atomic E-state index is 0.582. The number of likely N-dealkylation sites (N-methyl/N-ethyl adjacent to an activating group) is 2. The second-order valence-electron chi connectivity index (χ2n) is 4.29. The third-order valence-electron chi connectivity index (χ3n) is 2.74. The van der Waals surface area contributed by atoms with Crippen LogP contribution in [0, 0.1) is 0 Å². The standard InChI is InChI=1S/C13H23N3/c1-4-7-12(14-2)10-16(3)11-13-8-5-6-9-15-13/h5-6,8-9,12,14H,4,7,10-11H2,1-3H3. The van der Waals surface area contributed by atoms with Crippen molar-refractivity contribution in [3.8, 4) is 0 Å². The van der Waals surface area contributed by atoms with Crippen LogP contribution in [0.1, 0.15) is 25.5 Å². The Labute approximate surface area is 98.9 Å². The van der Waals surface area contributed by atoms with Crippen LogP contribution in [0.3, 0.4) is 0 Å². The molecule has 3 nitrogen and oxygen atoms in total. The van der Waals surface area contributed by atoms with E-state index in [4.69, 9.17) is 0 Å². The van der Waals surface area contributed by atoms with E-state index in [0.717, 1.165) is 18.8 Å². The van der Waals surface area contributed by atoms with Crippen molar-refractivity contribution in [1.82, 2.24) is 15.2 Å². The Hall–Kier alpha value is -0.930. The monoisotopic (exact) mass is 221 g/mol. The van der Waals surface area contributed by atoms with Gasteiger partial charge in [0.15, 0.2) is 0 Å². The predicted molar refractivity (Wildman–Crippen MR) is 68.3 cm³/mol. The van der Waals surface area contributed by atoms with Gasteiger partial charge in [-0.3, -0.25) is 9.88 Å². The SMILES string of the molecule is CCCC(CN(C)Cc1ccccn1)NC. The molecule has 0 saturated carbocycles. The Kier molecular flexibility index (Phi) is 6.04. The van der Waals surface area contributed by atoms with Gasteiger partial charge >= 0.3 is 0 Å². The average Bonchev–Trinajstić information content (AvgIpc) is 2.29. The van der Waals surface area contributed by atoms with Gasteiger partial charge in [-0.2, -0.15) is 0 Å². The maximum Gasteiger partial charge on any atom is 0.0543 e. The number of nitrogens with zero attached hydrogens (tertiary/aromatic N) is 2. The van der Waals surface area contributed by atoms with Crippen LogP contribution in [0.25, 0.3) is 0 Å². The lowest BCUT2D eigenvalue weighted by Gasteiger charge is -2.23. The van der Waals surface area contributed by atoms with E-state index in [9.17, 15) is 0 Å². The third kappa shape index (κ3) is 4.73. The topological polar surface area (TPSA) is 28.2 Å². The van der Waals surface area contributed by atoms with Crippen LogP contribution >= 0.6 is 0 Å². The first-order chi connectivity index (χ1) is 7.76. The molecule has 1 aromatic heterocycles. The summed E-state index contributed by atoms with van der Waals surface area (Å²) < 4.78 is 0. The van der Waals surface area contributed by atoms with Crippen LogP contribution < -0.4 is 5.32 Å². The fourth-order valence-electron chi connectivity index (χ4n) is 1.88. The first-order valence-corrected chi connectivity index (χ1v) is 6.02. The molecule has 0 spiro atoms. The lowest BCUT2D eigenvalue weighted by molar-refractivity contribution is 0.277. The maximum absolute atomic E-state index is 4.34. The Bertz CT molecular complexity index is 274. The van der Waals surface area contributed by atoms with Crippen LogP contribution in [0.4, 0.5) is 0 Å². The summed E-state index contributed by atoms with van der Waals surface area (Å²) in [5, 5.41) is 3.36. The van der Waals surface area contributed by atoms with E-state index in [1.165, 1.54) is 12.8 Å². The molecule has 1 aromatic rings. The van der Waals surface area contributed by atoms with Gasteiger partial charge in [0, 0.05) is 25.3 Å². The summed E-state index contributed by atoms with van der Waals surface area (Å²) in [6, 6.07) is 6.65. The Morgan fingerprint density at radius 1 is 1.44 bits per heavy atom. The van der Waals surface area contributed by atoms with Gasteiger partial charge in [0.05, 0.1) is 5.69 Å². The molecule has 1 N–H and O–H groups in total. The molecule has 90 valence electrons. The van der Waals surface area contributed by atoms with E-state index in [2.05, 4.69) is 35.2 Å². The number of hydrogen-bond acceptors (Lipinski definition) is 3. The van der Waals surface area contributed by atoms with E-state index >= 15 is 0 Å². The van der Waals surface area contributed by atoms with Crippen LogP contribution in [-0.4, -0.2) is 36.6 Å². The molecule has 1 atom stereocenters. The molecule has 0 radical (unpaired) electrons. The fourth-order valence-corrected chi connectivity index (χ4v) is 1.88. The number of hydrogen-bond donors (Lipinski definition) is 1. The molecule has 0 aliphatic heterocycles. The predicted octanol–water partition coefficient (Wildman–Crippen LogP) is 1.90. The van der Waals surface area contributed by atoms with E-state index in [1.807, 2.05) is 25.4 Å². The van der Waals surface area contributed by atoms with Gasteiger partial charge in [-0.15, -0.1) is 0 Å². The molecule has 1 rings (SSSR count). The molecule has 0 aromatic carbocycles. The smallest absolute Gasteiger partial charge is 0.0543 e. The Morgan fingerprint density at radius 3 is 2.81 bits per heavy atom. The third-order valence-corrected chi connectivity index (χ3v) is 2.74. The molecule has 0 aliphatic rings. The van der Waals surface area contributed by atoms with Crippen molar-refractivity contribution in [2.45, 2.75) is 32.4 Å². The molecule has 0 amide bonds. The highest BCUT2D eigenvalue weighted by Crippen LogP contribution is 2.02. The minimum atomic E-state index is 0.582. The van der Waals surface area contributed by atoms with Gasteiger partial charge in [0.2, 0.25) is 0 Å². The summed E-state index contributed by atoms with van der Waals surface area (Å²) in [4.78, 5) is 6.65. The highest BCUT2D eigenvalue weighted by molar-refractivity contribution is 5.03. The molecular weight excluding hydrogens is 198 g/mol. The van der Waals surface area contributed by atoms with Gasteiger partial charge in [-0.1, -0.05) is 19.4 Å². The Morgan fingerprint density at radius 2 is 2.25 bits per heavy atom. The van der Waals surface area contributed by atoms with Gasteiger partial charge in [-0.05, 0) is 32.6 Å². The van der Waals surface area contributed by atoms with Crippen molar-refractivity contribution in [2.75, 3.05) is 20.6 Å². The van der Waals surface area contributed by atoms with Crippen LogP contribution in [-0.2, 0) is 6.54 Å². The highest BCUT2D eigenvalue weighted by atomic mass is 15.1.